The zero-order valence-corrected chi connectivity index (χ0v) is 22.3. The maximum atomic E-state index is 12.9. The number of sulfonamides is 1. The minimum atomic E-state index is -4.12. The van der Waals surface area contributed by atoms with Crippen molar-refractivity contribution in [2.45, 2.75) is 4.90 Å². The van der Waals surface area contributed by atoms with E-state index in [0.717, 1.165) is 17.3 Å². The number of aromatic nitrogens is 2. The van der Waals surface area contributed by atoms with Crippen molar-refractivity contribution >= 4 is 44.9 Å². The Morgan fingerprint density at radius 1 is 0.925 bits per heavy atom. The van der Waals surface area contributed by atoms with Gasteiger partial charge >= 0.3 is 0 Å². The van der Waals surface area contributed by atoms with Gasteiger partial charge in [0, 0.05) is 28.4 Å². The van der Waals surface area contributed by atoms with Crippen LogP contribution in [0.2, 0.25) is 5.02 Å². The summed E-state index contributed by atoms with van der Waals surface area (Å²) < 4.78 is 29.8. The Morgan fingerprint density at radius 3 is 2.35 bits per heavy atom. The number of benzene rings is 4. The Labute approximate surface area is 234 Å². The molecule has 0 saturated carbocycles. The highest BCUT2D eigenvalue weighted by Gasteiger charge is 2.22. The standard InChI is InChI=1S/C28H21ClN6O4S/c29-22-10-7-11-23(16-22)33-40(38,39)25-14-15-26(27(17-25)35(36)37)31-30-18-21-19-34(24-12-5-2-6-13-24)32-28(21)20-8-3-1-4-9-20/h1-19,31,33H. The third kappa shape index (κ3) is 6.01. The van der Waals surface area contributed by atoms with E-state index < -0.39 is 20.6 Å². The zero-order chi connectivity index (χ0) is 28.1. The number of hydrogen-bond acceptors (Lipinski definition) is 7. The van der Waals surface area contributed by atoms with Crippen molar-refractivity contribution in [1.29, 1.82) is 0 Å². The minimum Gasteiger partial charge on any atom is -0.280 e. The summed E-state index contributed by atoms with van der Waals surface area (Å²) in [6.07, 6.45) is 3.30. The summed E-state index contributed by atoms with van der Waals surface area (Å²) >= 11 is 5.93. The smallest absolute Gasteiger partial charge is 0.280 e. The van der Waals surface area contributed by atoms with Crippen LogP contribution in [0.1, 0.15) is 5.56 Å². The fourth-order valence-corrected chi connectivity index (χ4v) is 5.14. The van der Waals surface area contributed by atoms with E-state index in [2.05, 4.69) is 15.2 Å². The fraction of sp³-hybridized carbons (Fsp3) is 0. The molecule has 0 aliphatic heterocycles. The average molecular weight is 573 g/mol. The molecule has 0 atom stereocenters. The highest BCUT2D eigenvalue weighted by molar-refractivity contribution is 7.92. The van der Waals surface area contributed by atoms with Crippen LogP contribution in [-0.2, 0) is 10.0 Å². The number of nitrogens with one attached hydrogen (secondary N) is 2. The lowest BCUT2D eigenvalue weighted by Gasteiger charge is -2.09. The first-order valence-electron chi connectivity index (χ1n) is 11.9. The first-order valence-corrected chi connectivity index (χ1v) is 13.7. The van der Waals surface area contributed by atoms with Crippen molar-refractivity contribution in [3.05, 3.63) is 130 Å². The molecule has 0 amide bonds. The summed E-state index contributed by atoms with van der Waals surface area (Å²) in [5.74, 6) is 0. The van der Waals surface area contributed by atoms with Crippen LogP contribution >= 0.6 is 11.6 Å². The molecule has 0 spiro atoms. The van der Waals surface area contributed by atoms with Crippen LogP contribution in [0.5, 0.6) is 0 Å². The van der Waals surface area contributed by atoms with Crippen LogP contribution in [-0.4, -0.2) is 29.3 Å². The monoisotopic (exact) mass is 572 g/mol. The van der Waals surface area contributed by atoms with Gasteiger partial charge < -0.3 is 0 Å². The molecule has 10 nitrogen and oxygen atoms in total. The van der Waals surface area contributed by atoms with Crippen molar-refractivity contribution in [3.63, 3.8) is 0 Å². The molecule has 0 fully saturated rings. The van der Waals surface area contributed by atoms with Crippen molar-refractivity contribution in [1.82, 2.24) is 9.78 Å². The third-order valence-corrected chi connectivity index (χ3v) is 7.37. The van der Waals surface area contributed by atoms with Crippen molar-refractivity contribution in [3.8, 4) is 16.9 Å². The Bertz CT molecular complexity index is 1810. The molecular weight excluding hydrogens is 552 g/mol. The summed E-state index contributed by atoms with van der Waals surface area (Å²) in [5, 5.41) is 21.1. The molecule has 1 aromatic heterocycles. The number of hydrogen-bond donors (Lipinski definition) is 2. The molecule has 0 aliphatic carbocycles. The predicted octanol–water partition coefficient (Wildman–Crippen LogP) is 6.35. The minimum absolute atomic E-state index is 0.0136. The van der Waals surface area contributed by atoms with Crippen LogP contribution in [0.15, 0.2) is 119 Å². The summed E-state index contributed by atoms with van der Waals surface area (Å²) in [6.45, 7) is 0. The van der Waals surface area contributed by atoms with Gasteiger partial charge in [-0.15, -0.1) is 0 Å². The highest BCUT2D eigenvalue weighted by atomic mass is 35.5. The summed E-state index contributed by atoms with van der Waals surface area (Å²) in [4.78, 5) is 10.8. The van der Waals surface area contributed by atoms with Gasteiger partial charge in [-0.3, -0.25) is 20.3 Å². The van der Waals surface area contributed by atoms with E-state index in [-0.39, 0.29) is 16.3 Å². The number of rotatable bonds is 9. The lowest BCUT2D eigenvalue weighted by atomic mass is 10.1. The number of nitro benzene ring substituents is 1. The maximum Gasteiger partial charge on any atom is 0.295 e. The summed E-state index contributed by atoms with van der Waals surface area (Å²) in [7, 11) is -4.12. The van der Waals surface area contributed by atoms with Crippen molar-refractivity contribution in [2.75, 3.05) is 10.1 Å². The van der Waals surface area contributed by atoms with Crippen LogP contribution < -0.4 is 10.1 Å². The maximum absolute atomic E-state index is 12.9. The fourth-order valence-electron chi connectivity index (χ4n) is 3.88. The molecule has 12 heteroatoms. The van der Waals surface area contributed by atoms with Gasteiger partial charge in [0.05, 0.1) is 27.4 Å². The molecule has 4 aromatic carbocycles. The largest absolute Gasteiger partial charge is 0.295 e. The topological polar surface area (TPSA) is 132 Å². The van der Waals surface area contributed by atoms with E-state index >= 15 is 0 Å². The molecule has 0 aliphatic rings. The molecular formula is C28H21ClN6O4S. The van der Waals surface area contributed by atoms with E-state index in [1.165, 1.54) is 30.5 Å². The SMILES string of the molecule is O=[N+]([O-])c1cc(S(=O)(=O)Nc2cccc(Cl)c2)ccc1NN=Cc1cn(-c2ccccc2)nc1-c1ccccc1. The van der Waals surface area contributed by atoms with Gasteiger partial charge in [0.15, 0.2) is 0 Å². The Balaban J connectivity index is 1.43. The molecule has 2 N–H and O–H groups in total. The van der Waals surface area contributed by atoms with E-state index in [1.807, 2.05) is 60.7 Å². The van der Waals surface area contributed by atoms with Gasteiger partial charge in [-0.2, -0.15) is 10.2 Å². The molecule has 1 heterocycles. The Morgan fingerprint density at radius 2 is 1.65 bits per heavy atom. The Hall–Kier alpha value is -5.00. The summed E-state index contributed by atoms with van der Waals surface area (Å²) in [5.41, 5.74) is 5.49. The summed E-state index contributed by atoms with van der Waals surface area (Å²) in [6, 6.07) is 28.7. The molecule has 0 radical (unpaired) electrons. The normalized spacial score (nSPS) is 11.4. The van der Waals surface area contributed by atoms with Crippen molar-refractivity contribution < 1.29 is 13.3 Å². The molecule has 200 valence electrons. The third-order valence-electron chi connectivity index (χ3n) is 5.75. The van der Waals surface area contributed by atoms with Gasteiger partial charge in [0.2, 0.25) is 0 Å². The van der Waals surface area contributed by atoms with Crippen molar-refractivity contribution in [2.24, 2.45) is 5.10 Å². The first kappa shape index (κ1) is 26.6. The van der Waals surface area contributed by atoms with E-state index in [0.29, 0.717) is 16.3 Å². The predicted molar refractivity (Wildman–Crippen MR) is 156 cm³/mol. The first-order chi connectivity index (χ1) is 19.3. The molecule has 40 heavy (non-hydrogen) atoms. The molecule has 0 unspecified atom stereocenters. The number of para-hydroxylation sites is 1. The van der Waals surface area contributed by atoms with E-state index in [1.54, 1.807) is 23.0 Å². The van der Waals surface area contributed by atoms with E-state index in [4.69, 9.17) is 16.7 Å². The second kappa shape index (κ2) is 11.4. The van der Waals surface area contributed by atoms with Crippen LogP contribution in [0.4, 0.5) is 17.1 Å². The van der Waals surface area contributed by atoms with Gasteiger partial charge in [0.1, 0.15) is 11.4 Å². The van der Waals surface area contributed by atoms with Gasteiger partial charge in [-0.25, -0.2) is 13.1 Å². The number of halogens is 1. The molecule has 5 rings (SSSR count). The quantitative estimate of drug-likeness (QED) is 0.120. The Kier molecular flexibility index (Phi) is 7.58. The zero-order valence-electron chi connectivity index (χ0n) is 20.7. The van der Waals surface area contributed by atoms with Crippen LogP contribution in [0.25, 0.3) is 16.9 Å². The van der Waals surface area contributed by atoms with Gasteiger partial charge in [0.25, 0.3) is 15.7 Å². The average Bonchev–Trinajstić information content (AvgIpc) is 3.38. The molecule has 5 aromatic rings. The van der Waals surface area contributed by atoms with Crippen LogP contribution in [0, 0.1) is 10.1 Å². The second-order valence-electron chi connectivity index (χ2n) is 8.50. The van der Waals surface area contributed by atoms with Gasteiger partial charge in [-0.1, -0.05) is 66.2 Å². The van der Waals surface area contributed by atoms with E-state index in [9.17, 15) is 18.5 Å². The highest BCUT2D eigenvalue weighted by Crippen LogP contribution is 2.29. The van der Waals surface area contributed by atoms with Gasteiger partial charge in [-0.05, 0) is 42.5 Å². The number of hydrazone groups is 1. The molecule has 0 bridgehead atoms. The number of nitro groups is 1. The second-order valence-corrected chi connectivity index (χ2v) is 10.6. The number of nitrogens with zero attached hydrogens (tertiary/aromatic N) is 4. The molecule has 0 saturated heterocycles. The lowest BCUT2D eigenvalue weighted by Crippen LogP contribution is -2.13. The van der Waals surface area contributed by atoms with Crippen LogP contribution in [0.3, 0.4) is 0 Å². The lowest BCUT2D eigenvalue weighted by molar-refractivity contribution is -0.384. The number of anilines is 2.